The summed E-state index contributed by atoms with van der Waals surface area (Å²) in [4.78, 5) is 33.0. The number of hydrogen-bond acceptors (Lipinski definition) is 4. The van der Waals surface area contributed by atoms with E-state index in [9.17, 15) is 9.59 Å². The van der Waals surface area contributed by atoms with E-state index >= 15 is 0 Å². The Morgan fingerprint density at radius 3 is 1.97 bits per heavy atom. The van der Waals surface area contributed by atoms with Crippen molar-refractivity contribution in [1.29, 1.82) is 0 Å². The number of carbonyl (C=O) groups excluding carboxylic acids is 2. The molecule has 7 nitrogen and oxygen atoms in total. The second kappa shape index (κ2) is 9.76. The zero-order valence-electron chi connectivity index (χ0n) is 19.8. The number of nitrogens with zero attached hydrogens (tertiary/aromatic N) is 1. The van der Waals surface area contributed by atoms with Crippen molar-refractivity contribution in [2.45, 2.75) is 6.92 Å². The Morgan fingerprint density at radius 2 is 1.33 bits per heavy atom. The van der Waals surface area contributed by atoms with Crippen LogP contribution in [0.1, 0.15) is 26.3 Å². The van der Waals surface area contributed by atoms with Crippen LogP contribution in [0.25, 0.3) is 22.4 Å². The minimum Gasteiger partial charge on any atom is -0.497 e. The first-order chi connectivity index (χ1) is 17.5. The average Bonchev–Trinajstić information content (AvgIpc) is 3.33. The monoisotopic (exact) mass is 476 g/mol. The lowest BCUT2D eigenvalue weighted by Gasteiger charge is -2.07. The molecule has 0 fully saturated rings. The van der Waals surface area contributed by atoms with Crippen molar-refractivity contribution in [3.63, 3.8) is 0 Å². The summed E-state index contributed by atoms with van der Waals surface area (Å²) in [6.07, 6.45) is 0. The molecule has 5 aromatic rings. The van der Waals surface area contributed by atoms with E-state index in [1.807, 2.05) is 61.5 Å². The fraction of sp³-hybridized carbons (Fsp3) is 0.0690. The van der Waals surface area contributed by atoms with Crippen molar-refractivity contribution >= 4 is 34.2 Å². The van der Waals surface area contributed by atoms with Gasteiger partial charge in [-0.15, -0.1) is 0 Å². The Balaban J connectivity index is 1.28. The van der Waals surface area contributed by atoms with Gasteiger partial charge in [0.05, 0.1) is 18.1 Å². The quantitative estimate of drug-likeness (QED) is 0.278. The number of rotatable bonds is 6. The Bertz CT molecular complexity index is 1540. The molecule has 0 unspecified atom stereocenters. The molecule has 3 N–H and O–H groups in total. The van der Waals surface area contributed by atoms with E-state index < -0.39 is 0 Å². The van der Waals surface area contributed by atoms with E-state index in [1.54, 1.807) is 43.5 Å². The third kappa shape index (κ3) is 4.95. The maximum Gasteiger partial charge on any atom is 0.255 e. The number of ether oxygens (including phenoxy) is 1. The first-order valence-corrected chi connectivity index (χ1v) is 11.4. The average molecular weight is 477 g/mol. The predicted molar refractivity (Wildman–Crippen MR) is 142 cm³/mol. The Labute approximate surface area is 208 Å². The SMILES string of the molecule is COc1ccc(C(=O)Nc2ccc(-c3nc4ccc(NC(=O)c5ccc(C)cc5)cc4[nH]3)cc2)cc1. The van der Waals surface area contributed by atoms with Crippen LogP contribution in [-0.2, 0) is 0 Å². The van der Waals surface area contributed by atoms with E-state index in [0.717, 1.165) is 22.2 Å². The molecule has 0 aliphatic rings. The molecule has 1 aromatic heterocycles. The van der Waals surface area contributed by atoms with E-state index in [2.05, 4.69) is 20.6 Å². The Hall–Kier alpha value is -4.91. The van der Waals surface area contributed by atoms with Crippen LogP contribution in [0.5, 0.6) is 5.75 Å². The zero-order chi connectivity index (χ0) is 25.1. The van der Waals surface area contributed by atoms with Crippen molar-refractivity contribution in [3.8, 4) is 17.1 Å². The van der Waals surface area contributed by atoms with Crippen molar-refractivity contribution in [2.75, 3.05) is 17.7 Å². The summed E-state index contributed by atoms with van der Waals surface area (Å²) >= 11 is 0. The van der Waals surface area contributed by atoms with E-state index in [1.165, 1.54) is 0 Å². The molecular formula is C29H24N4O3. The van der Waals surface area contributed by atoms with Gasteiger partial charge in [0.2, 0.25) is 0 Å². The number of aryl methyl sites for hydroxylation is 1. The van der Waals surface area contributed by atoms with Gasteiger partial charge in [0, 0.05) is 28.1 Å². The molecule has 0 saturated carbocycles. The molecule has 1 heterocycles. The standard InChI is InChI=1S/C29H24N4O3/c1-18-3-5-20(6-4-18)29(35)31-23-13-16-25-26(17-23)33-27(32-25)19-7-11-22(12-8-19)30-28(34)21-9-14-24(36-2)15-10-21/h3-17H,1-2H3,(H,30,34)(H,31,35)(H,32,33). The van der Waals surface area contributed by atoms with E-state index in [0.29, 0.717) is 34.1 Å². The fourth-order valence-electron chi connectivity index (χ4n) is 3.79. The third-order valence-electron chi connectivity index (χ3n) is 5.82. The highest BCUT2D eigenvalue weighted by atomic mass is 16.5. The van der Waals surface area contributed by atoms with Crippen molar-refractivity contribution in [1.82, 2.24) is 9.97 Å². The van der Waals surface area contributed by atoms with Gasteiger partial charge < -0.3 is 20.4 Å². The molecule has 2 amide bonds. The van der Waals surface area contributed by atoms with Gasteiger partial charge in [0.15, 0.2) is 0 Å². The molecule has 36 heavy (non-hydrogen) atoms. The van der Waals surface area contributed by atoms with Gasteiger partial charge in [-0.3, -0.25) is 9.59 Å². The lowest BCUT2D eigenvalue weighted by Crippen LogP contribution is -2.11. The van der Waals surface area contributed by atoms with Crippen molar-refractivity contribution < 1.29 is 14.3 Å². The first kappa shape index (κ1) is 22.9. The van der Waals surface area contributed by atoms with Crippen molar-refractivity contribution in [3.05, 3.63) is 108 Å². The van der Waals surface area contributed by atoms with Crippen LogP contribution in [0.15, 0.2) is 91.0 Å². The first-order valence-electron chi connectivity index (χ1n) is 11.4. The summed E-state index contributed by atoms with van der Waals surface area (Å²) in [5.74, 6) is 1.03. The molecule has 0 aliphatic heterocycles. The molecule has 0 saturated heterocycles. The Kier molecular flexibility index (Phi) is 6.19. The lowest BCUT2D eigenvalue weighted by atomic mass is 10.1. The number of amides is 2. The van der Waals surface area contributed by atoms with Gasteiger partial charge in [-0.1, -0.05) is 17.7 Å². The molecule has 178 valence electrons. The van der Waals surface area contributed by atoms with Gasteiger partial charge in [-0.2, -0.15) is 0 Å². The summed E-state index contributed by atoms with van der Waals surface area (Å²) in [5, 5.41) is 5.82. The molecule has 7 heteroatoms. The number of H-pyrrole nitrogens is 1. The highest BCUT2D eigenvalue weighted by Gasteiger charge is 2.10. The van der Waals surface area contributed by atoms with Crippen molar-refractivity contribution in [2.24, 2.45) is 0 Å². The minimum atomic E-state index is -0.200. The topological polar surface area (TPSA) is 96.1 Å². The molecule has 0 radical (unpaired) electrons. The summed E-state index contributed by atoms with van der Waals surface area (Å²) in [5.41, 5.74) is 6.08. The smallest absolute Gasteiger partial charge is 0.255 e. The number of nitrogens with one attached hydrogen (secondary N) is 3. The minimum absolute atomic E-state index is 0.165. The largest absolute Gasteiger partial charge is 0.497 e. The third-order valence-corrected chi connectivity index (χ3v) is 5.82. The van der Waals surface area contributed by atoms with Crippen LogP contribution in [0.4, 0.5) is 11.4 Å². The maximum absolute atomic E-state index is 12.5. The fourth-order valence-corrected chi connectivity index (χ4v) is 3.79. The lowest BCUT2D eigenvalue weighted by molar-refractivity contribution is 0.101. The molecule has 0 atom stereocenters. The summed E-state index contributed by atoms with van der Waals surface area (Å²) < 4.78 is 5.13. The number of benzene rings is 4. The maximum atomic E-state index is 12.5. The molecular weight excluding hydrogens is 452 g/mol. The van der Waals surface area contributed by atoms with Crippen LogP contribution >= 0.6 is 0 Å². The number of methoxy groups -OCH3 is 1. The van der Waals surface area contributed by atoms with E-state index in [4.69, 9.17) is 4.74 Å². The van der Waals surface area contributed by atoms with Gasteiger partial charge in [-0.25, -0.2) is 4.98 Å². The van der Waals surface area contributed by atoms with Gasteiger partial charge in [0.25, 0.3) is 11.8 Å². The summed E-state index contributed by atoms with van der Waals surface area (Å²) in [6, 6.07) is 27.4. The summed E-state index contributed by atoms with van der Waals surface area (Å²) in [6.45, 7) is 1.98. The van der Waals surface area contributed by atoms with Crippen LogP contribution in [0, 0.1) is 6.92 Å². The number of aromatic amines is 1. The second-order valence-electron chi connectivity index (χ2n) is 8.40. The zero-order valence-corrected chi connectivity index (χ0v) is 19.8. The normalized spacial score (nSPS) is 10.7. The number of carbonyl (C=O) groups is 2. The number of fused-ring (bicyclic) bond motifs is 1. The molecule has 0 aliphatic carbocycles. The van der Waals surface area contributed by atoms with E-state index in [-0.39, 0.29) is 11.8 Å². The second-order valence-corrected chi connectivity index (χ2v) is 8.40. The highest BCUT2D eigenvalue weighted by molar-refractivity contribution is 6.05. The van der Waals surface area contributed by atoms with Crippen LogP contribution in [-0.4, -0.2) is 28.9 Å². The molecule has 0 spiro atoms. The number of aromatic nitrogens is 2. The van der Waals surface area contributed by atoms with Gasteiger partial charge in [0.1, 0.15) is 11.6 Å². The van der Waals surface area contributed by atoms with Gasteiger partial charge >= 0.3 is 0 Å². The number of imidazole rings is 1. The highest BCUT2D eigenvalue weighted by Crippen LogP contribution is 2.25. The number of anilines is 2. The summed E-state index contributed by atoms with van der Waals surface area (Å²) in [7, 11) is 1.59. The van der Waals surface area contributed by atoms with Crippen LogP contribution in [0.3, 0.4) is 0 Å². The van der Waals surface area contributed by atoms with Crippen LogP contribution in [0.2, 0.25) is 0 Å². The molecule has 4 aromatic carbocycles. The Morgan fingerprint density at radius 1 is 0.750 bits per heavy atom. The molecule has 5 rings (SSSR count). The van der Waals surface area contributed by atoms with Gasteiger partial charge in [-0.05, 0) is 85.8 Å². The predicted octanol–water partition coefficient (Wildman–Crippen LogP) is 6.05. The molecule has 0 bridgehead atoms. The number of hydrogen-bond donors (Lipinski definition) is 3. The van der Waals surface area contributed by atoms with Crippen LogP contribution < -0.4 is 15.4 Å².